The summed E-state index contributed by atoms with van der Waals surface area (Å²) in [6.45, 7) is 5.70. The lowest BCUT2D eigenvalue weighted by Gasteiger charge is -2.32. The molecule has 10 heteroatoms. The van der Waals surface area contributed by atoms with Crippen molar-refractivity contribution >= 4 is 27.5 Å². The van der Waals surface area contributed by atoms with Crippen LogP contribution in [0.1, 0.15) is 37.8 Å². The number of nitrogens with zero attached hydrogens (tertiary/aromatic N) is 2. The number of ether oxygens (including phenoxy) is 2. The number of sulfonamides is 1. The zero-order valence-corrected chi connectivity index (χ0v) is 25.1. The Labute approximate surface area is 243 Å². The van der Waals surface area contributed by atoms with Gasteiger partial charge in [0.15, 0.2) is 0 Å². The van der Waals surface area contributed by atoms with Crippen LogP contribution >= 0.6 is 0 Å². The van der Waals surface area contributed by atoms with Crippen LogP contribution in [0.2, 0.25) is 0 Å². The predicted molar refractivity (Wildman–Crippen MR) is 160 cm³/mol. The van der Waals surface area contributed by atoms with E-state index in [1.54, 1.807) is 43.3 Å². The van der Waals surface area contributed by atoms with Crippen LogP contribution in [0.25, 0.3) is 0 Å². The molecule has 3 rings (SSSR count). The van der Waals surface area contributed by atoms with Gasteiger partial charge in [-0.3, -0.25) is 13.9 Å². The Hall–Kier alpha value is -4.05. The van der Waals surface area contributed by atoms with Gasteiger partial charge in [-0.25, -0.2) is 8.42 Å². The number of carbonyl (C=O) groups is 2. The third kappa shape index (κ3) is 8.00. The summed E-state index contributed by atoms with van der Waals surface area (Å²) in [5, 5.41) is 2.89. The number of anilines is 1. The summed E-state index contributed by atoms with van der Waals surface area (Å²) in [5.41, 5.74) is 2.04. The molecule has 0 spiro atoms. The standard InChI is InChI=1S/C31H39N3O6S/c1-6-7-19-32-31(36)24(3)33(21-25-12-10-11-23(2)20-25)30(35)22-34(28-13-8-9-14-29(28)40-5)41(37,38)27-17-15-26(39-4)16-18-27/h8-18,20,24H,6-7,19,21-22H2,1-5H3,(H,32,36)/t24-/m0/s1. The molecule has 9 nitrogen and oxygen atoms in total. The molecular weight excluding hydrogens is 542 g/mol. The van der Waals surface area contributed by atoms with E-state index in [0.29, 0.717) is 12.3 Å². The van der Waals surface area contributed by atoms with Gasteiger partial charge in [-0.05, 0) is 62.2 Å². The van der Waals surface area contributed by atoms with Gasteiger partial charge in [0, 0.05) is 13.1 Å². The van der Waals surface area contributed by atoms with Crippen LogP contribution in [0, 0.1) is 6.92 Å². The quantitative estimate of drug-likeness (QED) is 0.280. The molecule has 220 valence electrons. The molecule has 0 aliphatic carbocycles. The fourth-order valence-electron chi connectivity index (χ4n) is 4.35. The van der Waals surface area contributed by atoms with E-state index in [4.69, 9.17) is 9.47 Å². The van der Waals surface area contributed by atoms with Crippen molar-refractivity contribution < 1.29 is 27.5 Å². The highest BCUT2D eigenvalue weighted by atomic mass is 32.2. The van der Waals surface area contributed by atoms with E-state index in [1.807, 2.05) is 38.1 Å². The zero-order valence-electron chi connectivity index (χ0n) is 24.3. The first kappa shape index (κ1) is 31.5. The molecule has 0 radical (unpaired) electrons. The van der Waals surface area contributed by atoms with Gasteiger partial charge in [0.05, 0.1) is 24.8 Å². The fraction of sp³-hybridized carbons (Fsp3) is 0.355. The van der Waals surface area contributed by atoms with E-state index in [-0.39, 0.29) is 28.8 Å². The van der Waals surface area contributed by atoms with Crippen molar-refractivity contribution in [3.05, 3.63) is 83.9 Å². The van der Waals surface area contributed by atoms with Crippen LogP contribution < -0.4 is 19.1 Å². The number of amides is 2. The maximum Gasteiger partial charge on any atom is 0.264 e. The summed E-state index contributed by atoms with van der Waals surface area (Å²) in [6.07, 6.45) is 1.73. The lowest BCUT2D eigenvalue weighted by Crippen LogP contribution is -2.51. The van der Waals surface area contributed by atoms with Gasteiger partial charge < -0.3 is 19.7 Å². The largest absolute Gasteiger partial charge is 0.497 e. The van der Waals surface area contributed by atoms with E-state index in [1.165, 1.54) is 31.3 Å². The summed E-state index contributed by atoms with van der Waals surface area (Å²) in [4.78, 5) is 28.5. The molecule has 0 heterocycles. The highest BCUT2D eigenvalue weighted by Crippen LogP contribution is 2.33. The maximum absolute atomic E-state index is 14.0. The van der Waals surface area contributed by atoms with Gasteiger partial charge in [0.2, 0.25) is 11.8 Å². The number of benzene rings is 3. The van der Waals surface area contributed by atoms with Gasteiger partial charge >= 0.3 is 0 Å². The molecule has 41 heavy (non-hydrogen) atoms. The summed E-state index contributed by atoms with van der Waals surface area (Å²) in [7, 11) is -1.31. The average molecular weight is 582 g/mol. The summed E-state index contributed by atoms with van der Waals surface area (Å²) < 4.78 is 39.7. The van der Waals surface area contributed by atoms with Gasteiger partial charge in [-0.15, -0.1) is 0 Å². The van der Waals surface area contributed by atoms with Crippen LogP contribution in [0.15, 0.2) is 77.7 Å². The second kappa shape index (κ2) is 14.5. The highest BCUT2D eigenvalue weighted by molar-refractivity contribution is 7.92. The molecule has 2 amide bonds. The molecule has 0 saturated carbocycles. The predicted octanol–water partition coefficient (Wildman–Crippen LogP) is 4.54. The zero-order chi connectivity index (χ0) is 30.0. The van der Waals surface area contributed by atoms with Crippen molar-refractivity contribution in [1.29, 1.82) is 0 Å². The SMILES string of the molecule is CCCCNC(=O)[C@H](C)N(Cc1cccc(C)c1)C(=O)CN(c1ccccc1OC)S(=O)(=O)c1ccc(OC)cc1. The van der Waals surface area contributed by atoms with Crippen molar-refractivity contribution in [3.8, 4) is 11.5 Å². The van der Waals surface area contributed by atoms with Crippen molar-refractivity contribution in [1.82, 2.24) is 10.2 Å². The summed E-state index contributed by atoms with van der Waals surface area (Å²) in [5.74, 6) is -0.0574. The molecule has 1 atom stereocenters. The molecule has 0 aromatic heterocycles. The topological polar surface area (TPSA) is 105 Å². The number of unbranched alkanes of at least 4 members (excludes halogenated alkanes) is 1. The Balaban J connectivity index is 2.04. The first-order chi connectivity index (χ1) is 19.6. The number of carbonyl (C=O) groups excluding carboxylic acids is 2. The van der Waals surface area contributed by atoms with Crippen LogP contribution in [0.5, 0.6) is 11.5 Å². The van der Waals surface area contributed by atoms with Crippen molar-refractivity contribution in [3.63, 3.8) is 0 Å². The molecule has 3 aromatic rings. The van der Waals surface area contributed by atoms with Crippen LogP contribution in [-0.4, -0.2) is 58.5 Å². The number of hydrogen-bond donors (Lipinski definition) is 1. The van der Waals surface area contributed by atoms with Crippen molar-refractivity contribution in [2.24, 2.45) is 0 Å². The van der Waals surface area contributed by atoms with E-state index in [9.17, 15) is 18.0 Å². The summed E-state index contributed by atoms with van der Waals surface area (Å²) in [6, 6.07) is 19.3. The molecule has 3 aromatic carbocycles. The molecule has 0 aliphatic heterocycles. The maximum atomic E-state index is 14.0. The van der Waals surface area contributed by atoms with Crippen LogP contribution in [0.4, 0.5) is 5.69 Å². The van der Waals surface area contributed by atoms with E-state index < -0.39 is 28.5 Å². The minimum atomic E-state index is -4.23. The van der Waals surface area contributed by atoms with Crippen molar-refractivity contribution in [2.75, 3.05) is 31.6 Å². The third-order valence-corrected chi connectivity index (χ3v) is 8.49. The Morgan fingerprint density at radius 3 is 2.29 bits per heavy atom. The first-order valence-electron chi connectivity index (χ1n) is 13.5. The van der Waals surface area contributed by atoms with Gasteiger partial charge in [-0.2, -0.15) is 0 Å². The Bertz CT molecular complexity index is 1430. The van der Waals surface area contributed by atoms with Crippen molar-refractivity contribution in [2.45, 2.75) is 51.1 Å². The van der Waals surface area contributed by atoms with Gasteiger partial charge in [0.25, 0.3) is 10.0 Å². The number of aryl methyl sites for hydroxylation is 1. The average Bonchev–Trinajstić information content (AvgIpc) is 2.98. The molecule has 0 bridgehead atoms. The summed E-state index contributed by atoms with van der Waals surface area (Å²) >= 11 is 0. The third-order valence-electron chi connectivity index (χ3n) is 6.71. The number of nitrogens with one attached hydrogen (secondary N) is 1. The Kier molecular flexibility index (Phi) is 11.2. The number of methoxy groups -OCH3 is 2. The molecule has 0 unspecified atom stereocenters. The molecule has 1 N–H and O–H groups in total. The second-order valence-electron chi connectivity index (χ2n) is 9.69. The first-order valence-corrected chi connectivity index (χ1v) is 15.0. The Morgan fingerprint density at radius 2 is 1.66 bits per heavy atom. The number of rotatable bonds is 14. The lowest BCUT2D eigenvalue weighted by atomic mass is 10.1. The minimum Gasteiger partial charge on any atom is -0.497 e. The van der Waals surface area contributed by atoms with E-state index >= 15 is 0 Å². The molecule has 0 fully saturated rings. The molecule has 0 aliphatic rings. The Morgan fingerprint density at radius 1 is 0.951 bits per heavy atom. The second-order valence-corrected chi connectivity index (χ2v) is 11.6. The van der Waals surface area contributed by atoms with E-state index in [0.717, 1.165) is 28.3 Å². The highest BCUT2D eigenvalue weighted by Gasteiger charge is 2.33. The normalized spacial score (nSPS) is 11.8. The smallest absolute Gasteiger partial charge is 0.264 e. The van der Waals surface area contributed by atoms with Gasteiger partial charge in [0.1, 0.15) is 24.1 Å². The van der Waals surface area contributed by atoms with Crippen LogP contribution in [0.3, 0.4) is 0 Å². The number of hydrogen-bond acceptors (Lipinski definition) is 6. The monoisotopic (exact) mass is 581 g/mol. The van der Waals surface area contributed by atoms with Gasteiger partial charge in [-0.1, -0.05) is 55.3 Å². The number of para-hydroxylation sites is 2. The lowest BCUT2D eigenvalue weighted by molar-refractivity contribution is -0.139. The van der Waals surface area contributed by atoms with E-state index in [2.05, 4.69) is 5.32 Å². The minimum absolute atomic E-state index is 0.0207. The molecular formula is C31H39N3O6S. The molecule has 0 saturated heterocycles. The van der Waals surface area contributed by atoms with Crippen LogP contribution in [-0.2, 0) is 26.2 Å². The fourth-order valence-corrected chi connectivity index (χ4v) is 5.77.